The molecule has 0 rings (SSSR count). The molecule has 0 aromatic carbocycles. The molecule has 0 aliphatic heterocycles. The maximum absolute atomic E-state index is 10.1. The quantitative estimate of drug-likeness (QED) is 0.374. The Morgan fingerprint density at radius 1 is 1.27 bits per heavy atom. The number of carboxylic acid groups (broad SMARTS) is 2. The average Bonchev–Trinajstić information content (AvgIpc) is 1.87. The van der Waals surface area contributed by atoms with Crippen LogP contribution >= 0.6 is 0 Å². The summed E-state index contributed by atoms with van der Waals surface area (Å²) >= 11 is 0. The number of hydrogen-bond acceptors (Lipinski definition) is 4. The van der Waals surface area contributed by atoms with Crippen LogP contribution in [0, 0.1) is 0 Å². The van der Waals surface area contributed by atoms with Crippen LogP contribution in [0.25, 0.3) is 0 Å². The smallest absolute Gasteiger partial charge is 0.347 e. The monoisotopic (exact) mass is 163 g/mol. The normalized spacial score (nSPS) is 15.5. The van der Waals surface area contributed by atoms with Crippen LogP contribution in [0.15, 0.2) is 0 Å². The van der Waals surface area contributed by atoms with Crippen LogP contribution in [0.3, 0.4) is 0 Å². The largest absolute Gasteiger partial charge is 0.480 e. The van der Waals surface area contributed by atoms with E-state index in [-0.39, 0.29) is 0 Å². The molecule has 0 heterocycles. The molecule has 0 saturated heterocycles. The molecule has 6 heteroatoms. The molecule has 0 amide bonds. The van der Waals surface area contributed by atoms with Gasteiger partial charge in [-0.15, -0.1) is 0 Å². The van der Waals surface area contributed by atoms with Crippen LogP contribution in [0.4, 0.5) is 0 Å². The van der Waals surface area contributed by atoms with Crippen molar-refractivity contribution in [2.45, 2.75) is 19.2 Å². The summed E-state index contributed by atoms with van der Waals surface area (Å²) in [4.78, 5) is 20.0. The van der Waals surface area contributed by atoms with Gasteiger partial charge in [-0.05, 0) is 6.92 Å². The molecule has 0 aliphatic carbocycles. The lowest BCUT2D eigenvalue weighted by Gasteiger charge is -2.11. The molecule has 0 spiro atoms. The molecule has 64 valence electrons. The van der Waals surface area contributed by atoms with Crippen molar-refractivity contribution in [3.8, 4) is 0 Å². The van der Waals surface area contributed by atoms with Crippen LogP contribution in [-0.4, -0.2) is 39.5 Å². The Balaban J connectivity index is 3.84. The highest BCUT2D eigenvalue weighted by Crippen LogP contribution is 1.84. The zero-order valence-corrected chi connectivity index (χ0v) is 5.81. The molecule has 0 aromatic rings. The van der Waals surface area contributed by atoms with Gasteiger partial charge in [0, 0.05) is 0 Å². The maximum Gasteiger partial charge on any atom is 0.347 e. The highest BCUT2D eigenvalue weighted by Gasteiger charge is 2.19. The van der Waals surface area contributed by atoms with E-state index >= 15 is 0 Å². The summed E-state index contributed by atoms with van der Waals surface area (Å²) in [6.45, 7) is 1.23. The van der Waals surface area contributed by atoms with Gasteiger partial charge in [-0.3, -0.25) is 10.1 Å². The van der Waals surface area contributed by atoms with Crippen LogP contribution in [0.2, 0.25) is 0 Å². The van der Waals surface area contributed by atoms with Gasteiger partial charge in [-0.2, -0.15) is 0 Å². The summed E-state index contributed by atoms with van der Waals surface area (Å²) in [5, 5.41) is 26.9. The first-order valence-corrected chi connectivity index (χ1v) is 2.85. The van der Waals surface area contributed by atoms with E-state index in [2.05, 4.69) is 0 Å². The summed E-state index contributed by atoms with van der Waals surface area (Å²) in [6.07, 6.45) is -1.83. The zero-order chi connectivity index (χ0) is 9.02. The van der Waals surface area contributed by atoms with E-state index in [1.54, 1.807) is 0 Å². The van der Waals surface area contributed by atoms with Crippen molar-refractivity contribution < 1.29 is 24.9 Å². The van der Waals surface area contributed by atoms with Crippen molar-refractivity contribution in [2.24, 2.45) is 0 Å². The van der Waals surface area contributed by atoms with Crippen molar-refractivity contribution in [1.29, 1.82) is 0 Å². The molecule has 0 aliphatic rings. The standard InChI is InChI=1S/C5H9NO5/c1-2(4(8)9)6-3(7)5(10)11/h2-3,6-7H,1H3,(H,8,9)(H,10,11)/t2-,3?/m0/s1. The van der Waals surface area contributed by atoms with Crippen LogP contribution in [0.5, 0.6) is 0 Å². The van der Waals surface area contributed by atoms with Gasteiger partial charge in [-0.1, -0.05) is 0 Å². The highest BCUT2D eigenvalue weighted by atomic mass is 16.4. The second-order valence-electron chi connectivity index (χ2n) is 1.97. The Bertz CT molecular complexity index is 150. The van der Waals surface area contributed by atoms with E-state index in [0.717, 1.165) is 0 Å². The molecule has 4 N–H and O–H groups in total. The first-order valence-electron chi connectivity index (χ1n) is 2.85. The fraction of sp³-hybridized carbons (Fsp3) is 0.600. The number of carbonyl (C=O) groups is 2. The minimum Gasteiger partial charge on any atom is -0.480 e. The lowest BCUT2D eigenvalue weighted by Crippen LogP contribution is -2.45. The molecule has 0 fully saturated rings. The Kier molecular flexibility index (Phi) is 3.49. The highest BCUT2D eigenvalue weighted by molar-refractivity contribution is 5.75. The second kappa shape index (κ2) is 3.89. The average molecular weight is 163 g/mol. The number of nitrogens with one attached hydrogen (secondary N) is 1. The predicted octanol–water partition coefficient (Wildman–Crippen LogP) is -1.55. The summed E-state index contributed by atoms with van der Waals surface area (Å²) in [7, 11) is 0. The molecule has 1 unspecified atom stereocenters. The van der Waals surface area contributed by atoms with Crippen molar-refractivity contribution in [3.63, 3.8) is 0 Å². The van der Waals surface area contributed by atoms with Crippen LogP contribution in [-0.2, 0) is 9.59 Å². The SMILES string of the molecule is C[C@H](NC(O)C(=O)O)C(=O)O. The minimum atomic E-state index is -1.83. The zero-order valence-electron chi connectivity index (χ0n) is 5.81. The summed E-state index contributed by atoms with van der Waals surface area (Å²) in [5.74, 6) is -2.72. The summed E-state index contributed by atoms with van der Waals surface area (Å²) < 4.78 is 0. The summed E-state index contributed by atoms with van der Waals surface area (Å²) in [6, 6.07) is -1.08. The molecular formula is C5H9NO5. The molecule has 0 saturated carbocycles. The molecule has 0 bridgehead atoms. The van der Waals surface area contributed by atoms with Gasteiger partial charge < -0.3 is 15.3 Å². The summed E-state index contributed by atoms with van der Waals surface area (Å²) in [5.41, 5.74) is 0. The van der Waals surface area contributed by atoms with Gasteiger partial charge >= 0.3 is 11.9 Å². The topological polar surface area (TPSA) is 107 Å². The molecule has 11 heavy (non-hydrogen) atoms. The number of aliphatic hydroxyl groups excluding tert-OH is 1. The van der Waals surface area contributed by atoms with Gasteiger partial charge in [-0.25, -0.2) is 4.79 Å². The lowest BCUT2D eigenvalue weighted by molar-refractivity contribution is -0.150. The van der Waals surface area contributed by atoms with Gasteiger partial charge in [0.1, 0.15) is 6.04 Å². The Hall–Kier alpha value is -1.14. The number of hydrogen-bond donors (Lipinski definition) is 4. The van der Waals surface area contributed by atoms with Crippen LogP contribution in [0.1, 0.15) is 6.92 Å². The van der Waals surface area contributed by atoms with Crippen LogP contribution < -0.4 is 5.32 Å². The third-order valence-corrected chi connectivity index (χ3v) is 1.01. The predicted molar refractivity (Wildman–Crippen MR) is 33.9 cm³/mol. The second-order valence-corrected chi connectivity index (χ2v) is 1.97. The fourth-order valence-corrected chi connectivity index (χ4v) is 0.379. The van der Waals surface area contributed by atoms with Gasteiger partial charge in [0.15, 0.2) is 0 Å². The lowest BCUT2D eigenvalue weighted by atomic mass is 10.3. The molecule has 6 nitrogen and oxygen atoms in total. The van der Waals surface area contributed by atoms with E-state index < -0.39 is 24.2 Å². The van der Waals surface area contributed by atoms with E-state index in [1.807, 2.05) is 5.32 Å². The maximum atomic E-state index is 10.1. The number of rotatable bonds is 4. The molecular weight excluding hydrogens is 154 g/mol. The van der Waals surface area contributed by atoms with Crippen molar-refractivity contribution in [2.75, 3.05) is 0 Å². The van der Waals surface area contributed by atoms with Gasteiger partial charge in [0.25, 0.3) is 0 Å². The first kappa shape index (κ1) is 9.86. The Morgan fingerprint density at radius 2 is 1.73 bits per heavy atom. The molecule has 0 aromatic heterocycles. The minimum absolute atomic E-state index is 1.08. The van der Waals surface area contributed by atoms with E-state index in [0.29, 0.717) is 0 Å². The van der Waals surface area contributed by atoms with Gasteiger partial charge in [0.2, 0.25) is 6.23 Å². The Morgan fingerprint density at radius 3 is 2.00 bits per heavy atom. The molecule has 0 radical (unpaired) electrons. The van der Waals surface area contributed by atoms with Gasteiger partial charge in [0.05, 0.1) is 0 Å². The number of aliphatic hydroxyl groups is 1. The third-order valence-electron chi connectivity index (χ3n) is 1.01. The van der Waals surface area contributed by atoms with E-state index in [1.165, 1.54) is 6.92 Å². The number of carboxylic acids is 2. The third kappa shape index (κ3) is 3.54. The first-order chi connectivity index (χ1) is 4.95. The van der Waals surface area contributed by atoms with Crippen molar-refractivity contribution in [3.05, 3.63) is 0 Å². The van der Waals surface area contributed by atoms with Crippen molar-refractivity contribution in [1.82, 2.24) is 5.32 Å². The van der Waals surface area contributed by atoms with E-state index in [9.17, 15) is 9.59 Å². The van der Waals surface area contributed by atoms with E-state index in [4.69, 9.17) is 15.3 Å². The van der Waals surface area contributed by atoms with Crippen molar-refractivity contribution >= 4 is 11.9 Å². The number of aliphatic carboxylic acids is 2. The fourth-order valence-electron chi connectivity index (χ4n) is 0.379. The molecule has 2 atom stereocenters. The Labute approximate surface area is 62.5 Å².